The zero-order valence-corrected chi connectivity index (χ0v) is 21.2. The monoisotopic (exact) mass is 617 g/mol. The summed E-state index contributed by atoms with van der Waals surface area (Å²) < 4.78 is 12.0. The van der Waals surface area contributed by atoms with Crippen LogP contribution in [0.2, 0.25) is 0 Å². The lowest BCUT2D eigenvalue weighted by Crippen LogP contribution is -2.15. The second kappa shape index (κ2) is 9.51. The molecule has 30 heavy (non-hydrogen) atoms. The molecule has 0 bridgehead atoms. The first-order valence-corrected chi connectivity index (χ1v) is 11.6. The van der Waals surface area contributed by atoms with E-state index in [0.29, 0.717) is 41.6 Å². The second-order valence-corrected chi connectivity index (χ2v) is 9.22. The highest BCUT2D eigenvalue weighted by Gasteiger charge is 2.25. The molecule has 0 saturated carbocycles. The van der Waals surface area contributed by atoms with Gasteiger partial charge in [0, 0.05) is 19.9 Å². The van der Waals surface area contributed by atoms with Crippen molar-refractivity contribution in [2.24, 2.45) is 0 Å². The number of carbonyl (C=O) groups is 2. The zero-order chi connectivity index (χ0) is 22.0. The van der Waals surface area contributed by atoms with Crippen molar-refractivity contribution in [1.29, 1.82) is 0 Å². The summed E-state index contributed by atoms with van der Waals surface area (Å²) in [5.41, 5.74) is 1.55. The molecule has 1 aromatic heterocycles. The maximum Gasteiger partial charge on any atom is 0.339 e. The van der Waals surface area contributed by atoms with E-state index in [-0.39, 0.29) is 10.6 Å². The van der Waals surface area contributed by atoms with Crippen molar-refractivity contribution in [2.75, 3.05) is 19.5 Å². The lowest BCUT2D eigenvalue weighted by molar-refractivity contribution is 0.0699. The van der Waals surface area contributed by atoms with Gasteiger partial charge in [-0.25, -0.2) is 4.79 Å². The number of carboxylic acid groups (broad SMARTS) is 1. The number of aromatic carboxylic acids is 1. The van der Waals surface area contributed by atoms with Crippen LogP contribution in [0.5, 0.6) is 11.5 Å². The van der Waals surface area contributed by atoms with Crippen LogP contribution >= 0.6 is 59.1 Å². The van der Waals surface area contributed by atoms with Gasteiger partial charge in [0.2, 0.25) is 0 Å². The Kier molecular flexibility index (Phi) is 7.22. The Labute approximate surface area is 201 Å². The number of hydrogen-bond donors (Lipinski definition) is 2. The van der Waals surface area contributed by atoms with Gasteiger partial charge in [0.15, 0.2) is 0 Å². The number of anilines is 1. The summed E-state index contributed by atoms with van der Waals surface area (Å²) in [5.74, 6) is -0.400. The van der Waals surface area contributed by atoms with Crippen molar-refractivity contribution in [3.8, 4) is 22.6 Å². The number of benzene rings is 2. The number of hydrogen-bond acceptors (Lipinski definition) is 5. The van der Waals surface area contributed by atoms with Crippen LogP contribution in [0.15, 0.2) is 49.1 Å². The predicted molar refractivity (Wildman–Crippen MR) is 127 cm³/mol. The number of amides is 1. The number of thiophene rings is 1. The largest absolute Gasteiger partial charge is 0.497 e. The number of carboxylic acids is 1. The van der Waals surface area contributed by atoms with E-state index in [1.54, 1.807) is 42.8 Å². The normalized spacial score (nSPS) is 10.6. The van der Waals surface area contributed by atoms with E-state index in [1.165, 1.54) is 7.11 Å². The van der Waals surface area contributed by atoms with Crippen molar-refractivity contribution in [1.82, 2.24) is 0 Å². The van der Waals surface area contributed by atoms with Crippen LogP contribution < -0.4 is 14.8 Å². The van der Waals surface area contributed by atoms with Crippen molar-refractivity contribution in [3.63, 3.8) is 0 Å². The fraction of sp³-hybridized carbons (Fsp3) is 0.100. The summed E-state index contributed by atoms with van der Waals surface area (Å²) >= 11 is 11.3. The molecule has 3 rings (SSSR count). The standard InChI is InChI=1S/C20H14Br3NO5S/c1-28-10-5-3-9(4-6-10)11-8-30-19(14(11)20(26)27)24-18(25)15-12(21)7-13(29-2)16(22)17(15)23/h3-8H,1-2H3,(H,24,25)(H,26,27). The van der Waals surface area contributed by atoms with Gasteiger partial charge in [0.25, 0.3) is 5.91 Å². The van der Waals surface area contributed by atoms with Gasteiger partial charge in [-0.3, -0.25) is 4.79 Å². The highest BCUT2D eigenvalue weighted by molar-refractivity contribution is 9.13. The van der Waals surface area contributed by atoms with Crippen molar-refractivity contribution >= 4 is 76.0 Å². The SMILES string of the molecule is COc1ccc(-c2csc(NC(=O)c3c(Br)cc(OC)c(Br)c3Br)c2C(=O)O)cc1. The third-order valence-corrected chi connectivity index (χ3v) is 7.84. The van der Waals surface area contributed by atoms with E-state index >= 15 is 0 Å². The molecule has 1 heterocycles. The van der Waals surface area contributed by atoms with Gasteiger partial charge in [-0.15, -0.1) is 11.3 Å². The Balaban J connectivity index is 2.00. The third-order valence-electron chi connectivity index (χ3n) is 4.21. The van der Waals surface area contributed by atoms with Gasteiger partial charge >= 0.3 is 5.97 Å². The van der Waals surface area contributed by atoms with Crippen molar-refractivity contribution in [2.45, 2.75) is 0 Å². The second-order valence-electron chi connectivity index (χ2n) is 5.90. The van der Waals surface area contributed by atoms with Gasteiger partial charge in [0.1, 0.15) is 22.1 Å². The molecule has 0 spiro atoms. The molecule has 0 fully saturated rings. The molecule has 0 aliphatic rings. The van der Waals surface area contributed by atoms with Crippen LogP contribution in [0.25, 0.3) is 11.1 Å². The lowest BCUT2D eigenvalue weighted by atomic mass is 10.0. The molecule has 1 amide bonds. The number of methoxy groups -OCH3 is 2. The van der Waals surface area contributed by atoms with Crippen LogP contribution in [0.1, 0.15) is 20.7 Å². The molecule has 3 aromatic rings. The minimum absolute atomic E-state index is 0.0262. The number of carbonyl (C=O) groups excluding carboxylic acids is 1. The molecule has 10 heteroatoms. The van der Waals surface area contributed by atoms with Crippen molar-refractivity contribution < 1.29 is 24.2 Å². The first kappa shape index (κ1) is 22.8. The molecule has 0 unspecified atom stereocenters. The summed E-state index contributed by atoms with van der Waals surface area (Å²) in [6.45, 7) is 0. The molecule has 0 aliphatic carbocycles. The van der Waals surface area contributed by atoms with Crippen LogP contribution in [0.4, 0.5) is 5.00 Å². The minimum Gasteiger partial charge on any atom is -0.497 e. The van der Waals surface area contributed by atoms with Gasteiger partial charge < -0.3 is 19.9 Å². The van der Waals surface area contributed by atoms with Crippen LogP contribution in [0, 0.1) is 0 Å². The Hall–Kier alpha value is -1.88. The first-order chi connectivity index (χ1) is 14.3. The Morgan fingerprint density at radius 3 is 2.23 bits per heavy atom. The Bertz CT molecular complexity index is 1130. The Morgan fingerprint density at radius 1 is 1.00 bits per heavy atom. The van der Waals surface area contributed by atoms with E-state index < -0.39 is 11.9 Å². The van der Waals surface area contributed by atoms with E-state index in [9.17, 15) is 14.7 Å². The fourth-order valence-corrected chi connectivity index (χ4v) is 5.61. The average Bonchev–Trinajstić information content (AvgIpc) is 3.14. The molecule has 0 atom stereocenters. The fourth-order valence-electron chi connectivity index (χ4n) is 2.74. The first-order valence-electron chi connectivity index (χ1n) is 8.30. The van der Waals surface area contributed by atoms with Crippen LogP contribution in [-0.4, -0.2) is 31.2 Å². The zero-order valence-electron chi connectivity index (χ0n) is 15.6. The molecule has 156 valence electrons. The molecule has 0 radical (unpaired) electrons. The number of halogens is 3. The lowest BCUT2D eigenvalue weighted by Gasteiger charge is -2.13. The highest BCUT2D eigenvalue weighted by atomic mass is 79.9. The molecule has 0 saturated heterocycles. The number of rotatable bonds is 6. The topological polar surface area (TPSA) is 84.9 Å². The predicted octanol–water partition coefficient (Wildman–Crippen LogP) is 6.67. The number of nitrogens with one attached hydrogen (secondary N) is 1. The number of ether oxygens (including phenoxy) is 2. The maximum atomic E-state index is 13.0. The summed E-state index contributed by atoms with van der Waals surface area (Å²) in [7, 11) is 3.08. The molecule has 6 nitrogen and oxygen atoms in total. The van der Waals surface area contributed by atoms with Gasteiger partial charge in [0.05, 0.1) is 24.3 Å². The summed E-state index contributed by atoms with van der Waals surface area (Å²) in [4.78, 5) is 25.0. The maximum absolute atomic E-state index is 13.0. The van der Waals surface area contributed by atoms with E-state index in [4.69, 9.17) is 9.47 Å². The summed E-state index contributed by atoms with van der Waals surface area (Å²) in [6.07, 6.45) is 0. The van der Waals surface area contributed by atoms with E-state index in [0.717, 1.165) is 11.3 Å². The van der Waals surface area contributed by atoms with Crippen LogP contribution in [-0.2, 0) is 0 Å². The minimum atomic E-state index is -1.13. The molecular weight excluding hydrogens is 606 g/mol. The van der Waals surface area contributed by atoms with E-state index in [1.807, 2.05) is 0 Å². The third kappa shape index (κ3) is 4.41. The molecular formula is C20H14Br3NO5S. The smallest absolute Gasteiger partial charge is 0.339 e. The Morgan fingerprint density at radius 2 is 1.67 bits per heavy atom. The summed E-state index contributed by atoms with van der Waals surface area (Å²) in [5, 5.41) is 14.5. The highest BCUT2D eigenvalue weighted by Crippen LogP contribution is 2.41. The molecule has 2 aromatic carbocycles. The van der Waals surface area contributed by atoms with Gasteiger partial charge in [-0.05, 0) is 71.6 Å². The quantitative estimate of drug-likeness (QED) is 0.301. The molecule has 0 aliphatic heterocycles. The molecule has 2 N–H and O–H groups in total. The van der Waals surface area contributed by atoms with Gasteiger partial charge in [-0.1, -0.05) is 12.1 Å². The summed E-state index contributed by atoms with van der Waals surface area (Å²) in [6, 6.07) is 8.69. The average molecular weight is 620 g/mol. The van der Waals surface area contributed by atoms with Gasteiger partial charge in [-0.2, -0.15) is 0 Å². The van der Waals surface area contributed by atoms with Crippen LogP contribution in [0.3, 0.4) is 0 Å². The van der Waals surface area contributed by atoms with E-state index in [2.05, 4.69) is 53.1 Å². The van der Waals surface area contributed by atoms with Crippen molar-refractivity contribution in [3.05, 3.63) is 60.3 Å².